The van der Waals surface area contributed by atoms with E-state index in [9.17, 15) is 14.4 Å². The molecule has 116 valence electrons. The van der Waals surface area contributed by atoms with Crippen LogP contribution in [0.15, 0.2) is 41.6 Å². The molecule has 2 rings (SSSR count). The fourth-order valence-electron chi connectivity index (χ4n) is 2.36. The molecule has 1 aliphatic heterocycles. The number of imide groups is 1. The summed E-state index contributed by atoms with van der Waals surface area (Å²) in [7, 11) is 1.65. The van der Waals surface area contributed by atoms with Crippen LogP contribution in [0, 0.1) is 0 Å². The summed E-state index contributed by atoms with van der Waals surface area (Å²) in [6.45, 7) is 3.73. The first kappa shape index (κ1) is 15.8. The van der Waals surface area contributed by atoms with Crippen LogP contribution >= 0.6 is 0 Å². The molecule has 1 aliphatic rings. The Bertz CT molecular complexity index is 648. The highest BCUT2D eigenvalue weighted by atomic mass is 16.2. The van der Waals surface area contributed by atoms with Crippen LogP contribution in [0.3, 0.4) is 0 Å². The van der Waals surface area contributed by atoms with E-state index < -0.39 is 23.3 Å². The lowest BCUT2D eigenvalue weighted by Crippen LogP contribution is -2.52. The molecule has 0 aliphatic carbocycles. The molecule has 3 N–H and O–H groups in total. The Morgan fingerprint density at radius 2 is 1.77 bits per heavy atom. The number of hydrogen-bond donors (Lipinski definition) is 3. The molecule has 6 heteroatoms. The Labute approximate surface area is 129 Å². The van der Waals surface area contributed by atoms with Crippen molar-refractivity contribution in [2.24, 2.45) is 0 Å². The first-order chi connectivity index (χ1) is 10.3. The maximum absolute atomic E-state index is 12.3. The van der Waals surface area contributed by atoms with Gasteiger partial charge in [-0.25, -0.2) is 0 Å². The smallest absolute Gasteiger partial charge is 0.265 e. The third-order valence-electron chi connectivity index (χ3n) is 3.39. The number of nitrogens with one attached hydrogen (secondary N) is 3. The van der Waals surface area contributed by atoms with Gasteiger partial charge in [-0.15, -0.1) is 0 Å². The molecular formula is C16H19N3O3. The number of benzene rings is 1. The minimum atomic E-state index is -0.703. The average molecular weight is 301 g/mol. The van der Waals surface area contributed by atoms with Crippen LogP contribution < -0.4 is 16.0 Å². The molecule has 1 aromatic carbocycles. The van der Waals surface area contributed by atoms with Gasteiger partial charge < -0.3 is 10.6 Å². The van der Waals surface area contributed by atoms with Crippen LogP contribution in [0.1, 0.15) is 30.6 Å². The van der Waals surface area contributed by atoms with E-state index in [-0.39, 0.29) is 5.57 Å². The number of hydrogen-bond acceptors (Lipinski definition) is 4. The van der Waals surface area contributed by atoms with Gasteiger partial charge in [-0.05, 0) is 26.0 Å². The summed E-state index contributed by atoms with van der Waals surface area (Å²) < 4.78 is 0. The van der Waals surface area contributed by atoms with Crippen molar-refractivity contribution in [2.75, 3.05) is 7.05 Å². The van der Waals surface area contributed by atoms with Crippen LogP contribution in [0.4, 0.5) is 0 Å². The minimum Gasteiger partial charge on any atom is -0.391 e. The van der Waals surface area contributed by atoms with E-state index in [1.165, 1.54) is 0 Å². The summed E-state index contributed by atoms with van der Waals surface area (Å²) >= 11 is 0. The fourth-order valence-corrected chi connectivity index (χ4v) is 2.36. The maximum atomic E-state index is 12.3. The van der Waals surface area contributed by atoms with Crippen LogP contribution in [0.5, 0.6) is 0 Å². The summed E-state index contributed by atoms with van der Waals surface area (Å²) in [6, 6.07) is 8.37. The molecular weight excluding hydrogens is 282 g/mol. The summed E-state index contributed by atoms with van der Waals surface area (Å²) in [6.07, 6.45) is 0.484. The molecule has 3 amide bonds. The highest BCUT2D eigenvalue weighted by molar-refractivity contribution is 6.24. The summed E-state index contributed by atoms with van der Waals surface area (Å²) in [4.78, 5) is 36.5. The quantitative estimate of drug-likeness (QED) is 0.567. The van der Waals surface area contributed by atoms with Crippen molar-refractivity contribution in [3.05, 3.63) is 47.2 Å². The molecule has 0 bridgehead atoms. The largest absolute Gasteiger partial charge is 0.391 e. The second-order valence-electron chi connectivity index (χ2n) is 5.77. The minimum absolute atomic E-state index is 0.0499. The van der Waals surface area contributed by atoms with Gasteiger partial charge in [0.05, 0.1) is 0 Å². The standard InChI is InChI=1S/C16H19N3O3/c1-16(2)9-11(17-3)12(15(22)19-16)14(21)18-13(20)10-7-5-4-6-8-10/h4-8,17H,9H2,1-3H3,(H,19,22)(H,18,20,21). The van der Waals surface area contributed by atoms with Crippen molar-refractivity contribution in [1.29, 1.82) is 0 Å². The summed E-state index contributed by atoms with van der Waals surface area (Å²) in [5.41, 5.74) is 0.389. The number of carbonyl (C=O) groups excluding carboxylic acids is 3. The van der Waals surface area contributed by atoms with Crippen LogP contribution in [-0.4, -0.2) is 30.3 Å². The van der Waals surface area contributed by atoms with Gasteiger partial charge in [0.2, 0.25) is 0 Å². The molecule has 0 radical (unpaired) electrons. The van der Waals surface area contributed by atoms with Gasteiger partial charge in [-0.2, -0.15) is 0 Å². The first-order valence-electron chi connectivity index (χ1n) is 6.98. The van der Waals surface area contributed by atoms with E-state index in [0.29, 0.717) is 17.7 Å². The highest BCUT2D eigenvalue weighted by Crippen LogP contribution is 2.23. The van der Waals surface area contributed by atoms with E-state index in [1.54, 1.807) is 37.4 Å². The Morgan fingerprint density at radius 1 is 1.14 bits per heavy atom. The van der Waals surface area contributed by atoms with E-state index >= 15 is 0 Å². The topological polar surface area (TPSA) is 87.3 Å². The Balaban J connectivity index is 2.22. The zero-order chi connectivity index (χ0) is 16.3. The lowest BCUT2D eigenvalue weighted by molar-refractivity contribution is -0.124. The molecule has 0 aromatic heterocycles. The lowest BCUT2D eigenvalue weighted by Gasteiger charge is -2.33. The predicted octanol–water partition coefficient (Wildman–Crippen LogP) is 0.715. The Hall–Kier alpha value is -2.63. The van der Waals surface area contributed by atoms with Crippen LogP contribution in [-0.2, 0) is 9.59 Å². The second-order valence-corrected chi connectivity index (χ2v) is 5.77. The lowest BCUT2D eigenvalue weighted by atomic mass is 9.90. The second kappa shape index (κ2) is 6.01. The maximum Gasteiger partial charge on any atom is 0.265 e. The zero-order valence-corrected chi connectivity index (χ0v) is 12.8. The van der Waals surface area contributed by atoms with Gasteiger partial charge >= 0.3 is 0 Å². The molecule has 22 heavy (non-hydrogen) atoms. The van der Waals surface area contributed by atoms with Gasteiger partial charge in [-0.3, -0.25) is 19.7 Å². The number of carbonyl (C=O) groups is 3. The van der Waals surface area contributed by atoms with Crippen molar-refractivity contribution in [1.82, 2.24) is 16.0 Å². The third kappa shape index (κ3) is 3.33. The van der Waals surface area contributed by atoms with Gasteiger partial charge in [0, 0.05) is 30.3 Å². The molecule has 1 aromatic rings. The van der Waals surface area contributed by atoms with Crippen molar-refractivity contribution in [3.8, 4) is 0 Å². The van der Waals surface area contributed by atoms with Crippen LogP contribution in [0.25, 0.3) is 0 Å². The Morgan fingerprint density at radius 3 is 2.36 bits per heavy atom. The SMILES string of the molecule is CNC1=C(C(=O)NC(=O)c2ccccc2)C(=O)NC(C)(C)C1. The van der Waals surface area contributed by atoms with Crippen molar-refractivity contribution >= 4 is 17.7 Å². The molecule has 0 saturated carbocycles. The van der Waals surface area contributed by atoms with E-state index in [0.717, 1.165) is 0 Å². The van der Waals surface area contributed by atoms with E-state index in [2.05, 4.69) is 16.0 Å². The Kier molecular flexibility index (Phi) is 4.30. The fraction of sp³-hybridized carbons (Fsp3) is 0.312. The van der Waals surface area contributed by atoms with Gasteiger partial charge in [0.15, 0.2) is 0 Å². The molecule has 6 nitrogen and oxygen atoms in total. The summed E-state index contributed by atoms with van der Waals surface area (Å²) in [5, 5.41) is 7.89. The molecule has 0 spiro atoms. The van der Waals surface area contributed by atoms with Gasteiger partial charge in [-0.1, -0.05) is 18.2 Å². The first-order valence-corrected chi connectivity index (χ1v) is 6.98. The molecule has 0 fully saturated rings. The van der Waals surface area contributed by atoms with Crippen LogP contribution in [0.2, 0.25) is 0 Å². The average Bonchev–Trinajstić information content (AvgIpc) is 2.46. The summed E-state index contributed by atoms with van der Waals surface area (Å²) in [5.74, 6) is -1.73. The van der Waals surface area contributed by atoms with Crippen molar-refractivity contribution in [2.45, 2.75) is 25.8 Å². The highest BCUT2D eigenvalue weighted by Gasteiger charge is 2.35. The zero-order valence-electron chi connectivity index (χ0n) is 12.8. The normalized spacial score (nSPS) is 16.8. The third-order valence-corrected chi connectivity index (χ3v) is 3.39. The van der Waals surface area contributed by atoms with Crippen molar-refractivity contribution < 1.29 is 14.4 Å². The number of rotatable bonds is 3. The van der Waals surface area contributed by atoms with E-state index in [1.807, 2.05) is 13.8 Å². The van der Waals surface area contributed by atoms with Crippen molar-refractivity contribution in [3.63, 3.8) is 0 Å². The molecule has 0 unspecified atom stereocenters. The monoisotopic (exact) mass is 301 g/mol. The van der Waals surface area contributed by atoms with E-state index in [4.69, 9.17) is 0 Å². The van der Waals surface area contributed by atoms with Gasteiger partial charge in [0.1, 0.15) is 5.57 Å². The number of amides is 3. The molecule has 1 heterocycles. The predicted molar refractivity (Wildman–Crippen MR) is 81.8 cm³/mol. The molecule has 0 atom stereocenters. The van der Waals surface area contributed by atoms with Gasteiger partial charge in [0.25, 0.3) is 17.7 Å². The molecule has 0 saturated heterocycles.